The first-order chi connectivity index (χ1) is 11.4. The minimum absolute atomic E-state index is 0. The molecule has 0 aromatic heterocycles. The summed E-state index contributed by atoms with van der Waals surface area (Å²) in [5.41, 5.74) is 0.0602. The van der Waals surface area contributed by atoms with Crippen molar-refractivity contribution in [3.05, 3.63) is 0 Å². The highest BCUT2D eigenvalue weighted by Gasteiger charge is 2.58. The highest BCUT2D eigenvalue weighted by Crippen LogP contribution is 2.51. The van der Waals surface area contributed by atoms with Crippen LogP contribution < -0.4 is 10.6 Å². The Labute approximate surface area is 170 Å². The van der Waals surface area contributed by atoms with Crippen molar-refractivity contribution in [1.82, 2.24) is 15.5 Å². The third-order valence-electron chi connectivity index (χ3n) is 6.95. The second kappa shape index (κ2) is 8.30. The lowest BCUT2D eigenvalue weighted by atomic mass is 9.56. The van der Waals surface area contributed by atoms with E-state index in [0.717, 1.165) is 18.3 Å². The number of methoxy groups -OCH3 is 1. The van der Waals surface area contributed by atoms with E-state index >= 15 is 0 Å². The van der Waals surface area contributed by atoms with Gasteiger partial charge in [0.15, 0.2) is 5.96 Å². The molecule has 2 atom stereocenters. The first-order valence-corrected chi connectivity index (χ1v) is 9.65. The van der Waals surface area contributed by atoms with Crippen LogP contribution in [0.15, 0.2) is 4.99 Å². The molecule has 2 aliphatic carbocycles. The molecule has 2 N–H and O–H groups in total. The Balaban J connectivity index is 0.00000225. The molecule has 0 amide bonds. The van der Waals surface area contributed by atoms with Gasteiger partial charge in [0.1, 0.15) is 0 Å². The summed E-state index contributed by atoms with van der Waals surface area (Å²) in [5.74, 6) is 1.95. The Kier molecular flexibility index (Phi) is 7.04. The molecular weight excluding hydrogens is 427 g/mol. The molecule has 3 rings (SSSR count). The highest BCUT2D eigenvalue weighted by molar-refractivity contribution is 14.0. The van der Waals surface area contributed by atoms with Gasteiger partial charge in [0.05, 0.1) is 5.60 Å². The summed E-state index contributed by atoms with van der Waals surface area (Å²) >= 11 is 0. The molecule has 0 aromatic carbocycles. The Morgan fingerprint density at radius 2 is 1.76 bits per heavy atom. The van der Waals surface area contributed by atoms with Gasteiger partial charge in [-0.25, -0.2) is 0 Å². The van der Waals surface area contributed by atoms with E-state index in [-0.39, 0.29) is 35.0 Å². The molecule has 146 valence electrons. The monoisotopic (exact) mass is 464 g/mol. The first kappa shape index (κ1) is 21.2. The highest BCUT2D eigenvalue weighted by atomic mass is 127. The molecule has 0 bridgehead atoms. The molecule has 0 aromatic rings. The van der Waals surface area contributed by atoms with Crippen molar-refractivity contribution in [2.75, 3.05) is 33.8 Å². The third-order valence-corrected chi connectivity index (χ3v) is 6.95. The van der Waals surface area contributed by atoms with Gasteiger partial charge in [0.2, 0.25) is 0 Å². The van der Waals surface area contributed by atoms with E-state index in [1.807, 2.05) is 14.2 Å². The Bertz CT molecular complexity index is 472. The van der Waals surface area contributed by atoms with Crippen molar-refractivity contribution < 1.29 is 4.74 Å². The van der Waals surface area contributed by atoms with E-state index in [1.54, 1.807) is 0 Å². The van der Waals surface area contributed by atoms with Gasteiger partial charge in [-0.3, -0.25) is 4.99 Å². The molecule has 2 unspecified atom stereocenters. The van der Waals surface area contributed by atoms with Gasteiger partial charge >= 0.3 is 0 Å². The molecule has 2 saturated carbocycles. The minimum Gasteiger partial charge on any atom is -0.378 e. The molecule has 0 radical (unpaired) electrons. The standard InChI is InChI=1S/C19H36N4O.HI/c1-18(2)16(12-19(18,3)24-5)22-17(20-4)21-15-8-10-23(11-9-15)13-14-6-7-14;/h14-16H,6-13H2,1-5H3,(H2,20,21,22);1H. The summed E-state index contributed by atoms with van der Waals surface area (Å²) in [6, 6.07) is 0.951. The molecule has 5 nitrogen and oxygen atoms in total. The largest absolute Gasteiger partial charge is 0.378 e. The average Bonchev–Trinajstić information content (AvgIpc) is 3.38. The number of aliphatic imine (C=N–C) groups is 1. The van der Waals surface area contributed by atoms with E-state index in [2.05, 4.69) is 41.3 Å². The van der Waals surface area contributed by atoms with Gasteiger partial charge in [-0.1, -0.05) is 13.8 Å². The number of ether oxygens (including phenoxy) is 1. The van der Waals surface area contributed by atoms with Gasteiger partial charge in [-0.2, -0.15) is 0 Å². The van der Waals surface area contributed by atoms with E-state index < -0.39 is 0 Å². The van der Waals surface area contributed by atoms with Gasteiger partial charge in [-0.05, 0) is 44.9 Å². The number of halogens is 1. The predicted octanol–water partition coefficient (Wildman–Crippen LogP) is 2.85. The quantitative estimate of drug-likeness (QED) is 0.373. The molecule has 25 heavy (non-hydrogen) atoms. The van der Waals surface area contributed by atoms with Gasteiger partial charge in [0, 0.05) is 51.3 Å². The fraction of sp³-hybridized carbons (Fsp3) is 0.947. The van der Waals surface area contributed by atoms with Gasteiger partial charge in [-0.15, -0.1) is 24.0 Å². The number of nitrogens with one attached hydrogen (secondary N) is 2. The predicted molar refractivity (Wildman–Crippen MR) is 115 cm³/mol. The molecular formula is C19H37IN4O. The summed E-state index contributed by atoms with van der Waals surface area (Å²) in [5, 5.41) is 7.28. The molecule has 1 heterocycles. The van der Waals surface area contributed by atoms with Crippen LogP contribution >= 0.6 is 24.0 Å². The maximum absolute atomic E-state index is 5.73. The second-order valence-corrected chi connectivity index (χ2v) is 8.79. The number of likely N-dealkylation sites (tertiary alicyclic amines) is 1. The third kappa shape index (κ3) is 4.61. The lowest BCUT2D eigenvalue weighted by Gasteiger charge is -2.59. The van der Waals surface area contributed by atoms with Crippen molar-refractivity contribution in [3.63, 3.8) is 0 Å². The summed E-state index contributed by atoms with van der Waals surface area (Å²) in [6.45, 7) is 10.5. The van der Waals surface area contributed by atoms with Crippen LogP contribution in [-0.4, -0.2) is 62.3 Å². The summed E-state index contributed by atoms with van der Waals surface area (Å²) in [6.07, 6.45) is 6.37. The number of nitrogens with zero attached hydrogens (tertiary/aromatic N) is 2. The zero-order valence-corrected chi connectivity index (χ0v) is 18.9. The number of hydrogen-bond acceptors (Lipinski definition) is 3. The molecule has 1 aliphatic heterocycles. The minimum atomic E-state index is -0.0440. The van der Waals surface area contributed by atoms with E-state index in [9.17, 15) is 0 Å². The fourth-order valence-corrected chi connectivity index (χ4v) is 4.18. The van der Waals surface area contributed by atoms with Crippen LogP contribution in [0.3, 0.4) is 0 Å². The number of rotatable bonds is 5. The van der Waals surface area contributed by atoms with Crippen LogP contribution in [0.25, 0.3) is 0 Å². The molecule has 6 heteroatoms. The van der Waals surface area contributed by atoms with Crippen LogP contribution in [-0.2, 0) is 4.74 Å². The van der Waals surface area contributed by atoms with Crippen LogP contribution in [0.5, 0.6) is 0 Å². The van der Waals surface area contributed by atoms with Crippen LogP contribution in [0.4, 0.5) is 0 Å². The van der Waals surface area contributed by atoms with Crippen molar-refractivity contribution >= 4 is 29.9 Å². The summed E-state index contributed by atoms with van der Waals surface area (Å²) in [4.78, 5) is 7.10. The number of piperidine rings is 1. The van der Waals surface area contributed by atoms with Gasteiger partial charge in [0.25, 0.3) is 0 Å². The molecule has 3 fully saturated rings. The maximum atomic E-state index is 5.73. The van der Waals surface area contributed by atoms with Crippen molar-refractivity contribution in [3.8, 4) is 0 Å². The van der Waals surface area contributed by atoms with Crippen LogP contribution in [0.1, 0.15) is 52.9 Å². The molecule has 1 saturated heterocycles. The zero-order chi connectivity index (χ0) is 17.4. The molecule has 0 spiro atoms. The van der Waals surface area contributed by atoms with E-state index in [0.29, 0.717) is 12.1 Å². The smallest absolute Gasteiger partial charge is 0.191 e. The topological polar surface area (TPSA) is 48.9 Å². The SMILES string of the molecule is CN=C(NC1CCN(CC2CC2)CC1)NC1CC(C)(OC)C1(C)C.I. The first-order valence-electron chi connectivity index (χ1n) is 9.65. The summed E-state index contributed by atoms with van der Waals surface area (Å²) < 4.78 is 5.73. The Hall–Kier alpha value is -0.0800. The normalized spacial score (nSPS) is 33.3. The summed E-state index contributed by atoms with van der Waals surface area (Å²) in [7, 11) is 3.69. The molecule has 3 aliphatic rings. The van der Waals surface area contributed by atoms with Gasteiger partial charge < -0.3 is 20.3 Å². The van der Waals surface area contributed by atoms with Crippen molar-refractivity contribution in [2.45, 2.75) is 70.6 Å². The second-order valence-electron chi connectivity index (χ2n) is 8.79. The Morgan fingerprint density at radius 1 is 1.12 bits per heavy atom. The van der Waals surface area contributed by atoms with Crippen LogP contribution in [0.2, 0.25) is 0 Å². The van der Waals surface area contributed by atoms with E-state index in [1.165, 1.54) is 45.3 Å². The Morgan fingerprint density at radius 3 is 2.24 bits per heavy atom. The number of guanidine groups is 1. The fourth-order valence-electron chi connectivity index (χ4n) is 4.18. The lowest BCUT2D eigenvalue weighted by molar-refractivity contribution is -0.176. The van der Waals surface area contributed by atoms with Crippen LogP contribution in [0, 0.1) is 11.3 Å². The van der Waals surface area contributed by atoms with E-state index in [4.69, 9.17) is 4.74 Å². The maximum Gasteiger partial charge on any atom is 0.191 e. The zero-order valence-electron chi connectivity index (χ0n) is 16.6. The number of hydrogen-bond donors (Lipinski definition) is 2. The average molecular weight is 464 g/mol. The lowest BCUT2D eigenvalue weighted by Crippen LogP contribution is -2.69. The van der Waals surface area contributed by atoms with Crippen molar-refractivity contribution in [1.29, 1.82) is 0 Å². The van der Waals surface area contributed by atoms with Crippen molar-refractivity contribution in [2.24, 2.45) is 16.3 Å².